The zero-order valence-electron chi connectivity index (χ0n) is 10.1. The summed E-state index contributed by atoms with van der Waals surface area (Å²) in [5, 5.41) is 3.28. The second kappa shape index (κ2) is 4.76. The summed E-state index contributed by atoms with van der Waals surface area (Å²) in [6.45, 7) is 5.16. The van der Waals surface area contributed by atoms with E-state index in [0.717, 1.165) is 0 Å². The van der Waals surface area contributed by atoms with Crippen LogP contribution in [0.4, 0.5) is 0 Å². The Labute approximate surface area is 103 Å². The Kier molecular flexibility index (Phi) is 3.51. The molecule has 1 N–H and O–H groups in total. The van der Waals surface area contributed by atoms with E-state index in [-0.39, 0.29) is 12.1 Å². The van der Waals surface area contributed by atoms with Gasteiger partial charge in [-0.05, 0) is 26.0 Å². The molecule has 17 heavy (non-hydrogen) atoms. The van der Waals surface area contributed by atoms with Crippen LogP contribution in [0.3, 0.4) is 0 Å². The number of sulfonamides is 1. The van der Waals surface area contributed by atoms with Crippen molar-refractivity contribution < 1.29 is 8.42 Å². The molecule has 0 aliphatic carbocycles. The summed E-state index contributed by atoms with van der Waals surface area (Å²) in [4.78, 5) is 0.376. The van der Waals surface area contributed by atoms with Crippen LogP contribution in [-0.2, 0) is 10.0 Å². The summed E-state index contributed by atoms with van der Waals surface area (Å²) >= 11 is 0. The molecule has 0 bridgehead atoms. The van der Waals surface area contributed by atoms with Gasteiger partial charge in [0.2, 0.25) is 10.0 Å². The fourth-order valence-corrected chi connectivity index (χ4v) is 3.79. The van der Waals surface area contributed by atoms with Crippen LogP contribution < -0.4 is 5.32 Å². The van der Waals surface area contributed by atoms with Crippen molar-refractivity contribution in [3.63, 3.8) is 0 Å². The van der Waals surface area contributed by atoms with Gasteiger partial charge in [0.1, 0.15) is 0 Å². The maximum atomic E-state index is 12.4. The molecule has 4 nitrogen and oxygen atoms in total. The van der Waals surface area contributed by atoms with Crippen LogP contribution in [0.25, 0.3) is 0 Å². The molecule has 0 spiro atoms. The standard InChI is InChI=1S/C12H18N2O2S/c1-10-9-14(11(2)8-13-10)17(15,16)12-6-4-3-5-7-12/h3-7,10-11,13H,8-9H2,1-2H3/t10-,11+/m0/s1. The number of rotatable bonds is 2. The molecule has 0 radical (unpaired) electrons. The molecule has 0 amide bonds. The first-order chi connectivity index (χ1) is 8.01. The number of nitrogens with one attached hydrogen (secondary N) is 1. The van der Waals surface area contributed by atoms with Gasteiger partial charge in [-0.1, -0.05) is 18.2 Å². The third-order valence-electron chi connectivity index (χ3n) is 3.06. The van der Waals surface area contributed by atoms with Gasteiger partial charge in [0.25, 0.3) is 0 Å². The van der Waals surface area contributed by atoms with E-state index in [4.69, 9.17) is 0 Å². The SMILES string of the molecule is C[C@@H]1CN[C@@H](C)CN1S(=O)(=O)c1ccccc1. The summed E-state index contributed by atoms with van der Waals surface area (Å²) in [5.41, 5.74) is 0. The molecule has 0 aromatic heterocycles. The lowest BCUT2D eigenvalue weighted by Crippen LogP contribution is -2.56. The maximum absolute atomic E-state index is 12.4. The molecule has 0 unspecified atom stereocenters. The molecule has 1 heterocycles. The van der Waals surface area contributed by atoms with Crippen molar-refractivity contribution in [3.05, 3.63) is 30.3 Å². The fourth-order valence-electron chi connectivity index (χ4n) is 2.05. The van der Waals surface area contributed by atoms with Crippen LogP contribution in [0.2, 0.25) is 0 Å². The Morgan fingerprint density at radius 2 is 1.88 bits per heavy atom. The molecular formula is C12H18N2O2S. The second-order valence-electron chi connectivity index (χ2n) is 4.55. The summed E-state index contributed by atoms with van der Waals surface area (Å²) in [5.74, 6) is 0. The monoisotopic (exact) mass is 254 g/mol. The minimum absolute atomic E-state index is 0.00333. The Hall–Kier alpha value is -0.910. The van der Waals surface area contributed by atoms with Crippen LogP contribution in [-0.4, -0.2) is 37.9 Å². The predicted molar refractivity (Wildman–Crippen MR) is 67.3 cm³/mol. The first-order valence-electron chi connectivity index (χ1n) is 5.82. The average Bonchev–Trinajstić information content (AvgIpc) is 2.33. The van der Waals surface area contributed by atoms with Crippen LogP contribution in [0.15, 0.2) is 35.2 Å². The first-order valence-corrected chi connectivity index (χ1v) is 7.26. The Morgan fingerprint density at radius 1 is 1.24 bits per heavy atom. The quantitative estimate of drug-likeness (QED) is 0.858. The van der Waals surface area contributed by atoms with Gasteiger partial charge in [0, 0.05) is 25.2 Å². The highest BCUT2D eigenvalue weighted by Gasteiger charge is 2.32. The molecular weight excluding hydrogens is 236 g/mol. The normalized spacial score (nSPS) is 26.9. The topological polar surface area (TPSA) is 49.4 Å². The van der Waals surface area contributed by atoms with E-state index in [9.17, 15) is 8.42 Å². The molecule has 5 heteroatoms. The van der Waals surface area contributed by atoms with Crippen LogP contribution in [0.1, 0.15) is 13.8 Å². The smallest absolute Gasteiger partial charge is 0.243 e. The third kappa shape index (κ3) is 2.51. The van der Waals surface area contributed by atoms with E-state index < -0.39 is 10.0 Å². The van der Waals surface area contributed by atoms with Gasteiger partial charge >= 0.3 is 0 Å². The lowest BCUT2D eigenvalue weighted by atomic mass is 10.2. The zero-order chi connectivity index (χ0) is 12.5. The summed E-state index contributed by atoms with van der Waals surface area (Å²) in [7, 11) is -3.35. The van der Waals surface area contributed by atoms with Crippen molar-refractivity contribution in [2.75, 3.05) is 13.1 Å². The summed E-state index contributed by atoms with van der Waals surface area (Å²) < 4.78 is 26.5. The van der Waals surface area contributed by atoms with Gasteiger partial charge in [-0.2, -0.15) is 4.31 Å². The van der Waals surface area contributed by atoms with Crippen LogP contribution in [0, 0.1) is 0 Å². The molecule has 0 saturated carbocycles. The Bertz CT molecular complexity index is 473. The van der Waals surface area contributed by atoms with Gasteiger partial charge in [-0.15, -0.1) is 0 Å². The van der Waals surface area contributed by atoms with Crippen molar-refractivity contribution in [2.45, 2.75) is 30.8 Å². The highest BCUT2D eigenvalue weighted by molar-refractivity contribution is 7.89. The number of piperazine rings is 1. The van der Waals surface area contributed by atoms with E-state index in [2.05, 4.69) is 5.32 Å². The minimum atomic E-state index is -3.35. The van der Waals surface area contributed by atoms with Crippen LogP contribution in [0.5, 0.6) is 0 Å². The van der Waals surface area contributed by atoms with Gasteiger partial charge < -0.3 is 5.32 Å². The molecule has 2 atom stereocenters. The third-order valence-corrected chi connectivity index (χ3v) is 5.05. The van der Waals surface area contributed by atoms with Gasteiger partial charge in [-0.3, -0.25) is 0 Å². The largest absolute Gasteiger partial charge is 0.311 e. The summed E-state index contributed by atoms with van der Waals surface area (Å²) in [6.07, 6.45) is 0. The highest BCUT2D eigenvalue weighted by atomic mass is 32.2. The van der Waals surface area contributed by atoms with Gasteiger partial charge in [-0.25, -0.2) is 8.42 Å². The lowest BCUT2D eigenvalue weighted by Gasteiger charge is -2.36. The highest BCUT2D eigenvalue weighted by Crippen LogP contribution is 2.20. The molecule has 1 saturated heterocycles. The number of hydrogen-bond donors (Lipinski definition) is 1. The van der Waals surface area contributed by atoms with Crippen molar-refractivity contribution >= 4 is 10.0 Å². The maximum Gasteiger partial charge on any atom is 0.243 e. The molecule has 1 fully saturated rings. The average molecular weight is 254 g/mol. The molecule has 1 aromatic carbocycles. The number of nitrogens with zero attached hydrogens (tertiary/aromatic N) is 1. The first kappa shape index (κ1) is 12.5. The van der Waals surface area contributed by atoms with E-state index in [0.29, 0.717) is 18.0 Å². The molecule has 1 aliphatic heterocycles. The predicted octanol–water partition coefficient (Wildman–Crippen LogP) is 1.06. The second-order valence-corrected chi connectivity index (χ2v) is 6.44. The van der Waals surface area contributed by atoms with E-state index in [1.165, 1.54) is 0 Å². The number of hydrogen-bond acceptors (Lipinski definition) is 3. The van der Waals surface area contributed by atoms with E-state index in [1.807, 2.05) is 19.9 Å². The molecule has 1 aromatic rings. The molecule has 1 aliphatic rings. The van der Waals surface area contributed by atoms with E-state index in [1.54, 1.807) is 28.6 Å². The number of benzene rings is 1. The van der Waals surface area contributed by atoms with Crippen molar-refractivity contribution in [2.24, 2.45) is 0 Å². The molecule has 94 valence electrons. The Morgan fingerprint density at radius 3 is 2.53 bits per heavy atom. The zero-order valence-corrected chi connectivity index (χ0v) is 10.9. The molecule has 2 rings (SSSR count). The van der Waals surface area contributed by atoms with Crippen molar-refractivity contribution in [1.82, 2.24) is 9.62 Å². The van der Waals surface area contributed by atoms with E-state index >= 15 is 0 Å². The van der Waals surface area contributed by atoms with Gasteiger partial charge in [0.05, 0.1) is 4.90 Å². The fraction of sp³-hybridized carbons (Fsp3) is 0.500. The lowest BCUT2D eigenvalue weighted by molar-refractivity contribution is 0.244. The minimum Gasteiger partial charge on any atom is -0.311 e. The van der Waals surface area contributed by atoms with Crippen LogP contribution >= 0.6 is 0 Å². The summed E-state index contributed by atoms with van der Waals surface area (Å²) in [6, 6.07) is 8.82. The van der Waals surface area contributed by atoms with Crippen molar-refractivity contribution in [1.29, 1.82) is 0 Å². The Balaban J connectivity index is 2.32. The van der Waals surface area contributed by atoms with Gasteiger partial charge in [0.15, 0.2) is 0 Å². The van der Waals surface area contributed by atoms with Crippen molar-refractivity contribution in [3.8, 4) is 0 Å².